The number of aromatic nitrogens is 1. The van der Waals surface area contributed by atoms with Crippen LogP contribution in [0.25, 0.3) is 0 Å². The Morgan fingerprint density at radius 3 is 2.69 bits per heavy atom. The van der Waals surface area contributed by atoms with Crippen LogP contribution in [0.1, 0.15) is 38.1 Å². The molecule has 3 heteroatoms. The summed E-state index contributed by atoms with van der Waals surface area (Å²) in [6.07, 6.45) is 2.10. The maximum absolute atomic E-state index is 5.69. The summed E-state index contributed by atoms with van der Waals surface area (Å²) in [5.41, 5.74) is 2.41. The van der Waals surface area contributed by atoms with Crippen LogP contribution >= 0.6 is 0 Å². The largest absolute Gasteiger partial charge is 0.371 e. The first-order chi connectivity index (χ1) is 7.57. The zero-order valence-electron chi connectivity index (χ0n) is 10.3. The average molecular weight is 220 g/mol. The SMILES string of the molecule is CC(C)(C)c1ccc([C@@H]2CNCCO2)cn1. The van der Waals surface area contributed by atoms with Gasteiger partial charge in [0.05, 0.1) is 12.7 Å². The second-order valence-corrected chi connectivity index (χ2v) is 5.29. The van der Waals surface area contributed by atoms with Crippen molar-refractivity contribution >= 4 is 0 Å². The van der Waals surface area contributed by atoms with Crippen molar-refractivity contribution < 1.29 is 4.74 Å². The normalized spacial score (nSPS) is 22.1. The third kappa shape index (κ3) is 2.60. The van der Waals surface area contributed by atoms with Gasteiger partial charge in [0.25, 0.3) is 0 Å². The summed E-state index contributed by atoms with van der Waals surface area (Å²) in [5, 5.41) is 3.33. The van der Waals surface area contributed by atoms with E-state index in [9.17, 15) is 0 Å². The number of morpholine rings is 1. The number of ether oxygens (including phenoxy) is 1. The van der Waals surface area contributed by atoms with E-state index in [0.717, 1.165) is 25.4 Å². The molecule has 0 aliphatic carbocycles. The summed E-state index contributed by atoms with van der Waals surface area (Å²) < 4.78 is 5.69. The van der Waals surface area contributed by atoms with Crippen LogP contribution in [0.2, 0.25) is 0 Å². The highest BCUT2D eigenvalue weighted by Crippen LogP contribution is 2.23. The Balaban J connectivity index is 2.12. The molecule has 1 aromatic heterocycles. The molecule has 2 heterocycles. The molecule has 1 saturated heterocycles. The molecule has 1 aliphatic rings. The molecule has 2 rings (SSSR count). The summed E-state index contributed by atoms with van der Waals surface area (Å²) in [6, 6.07) is 4.23. The molecule has 1 aliphatic heterocycles. The first-order valence-electron chi connectivity index (χ1n) is 5.86. The van der Waals surface area contributed by atoms with Gasteiger partial charge in [-0.25, -0.2) is 0 Å². The smallest absolute Gasteiger partial charge is 0.0964 e. The number of pyridine rings is 1. The number of hydrogen-bond acceptors (Lipinski definition) is 3. The molecule has 16 heavy (non-hydrogen) atoms. The molecule has 0 aromatic carbocycles. The number of nitrogens with one attached hydrogen (secondary N) is 1. The van der Waals surface area contributed by atoms with Crippen molar-refractivity contribution in [1.29, 1.82) is 0 Å². The summed E-state index contributed by atoms with van der Waals surface area (Å²) in [4.78, 5) is 4.52. The van der Waals surface area contributed by atoms with Crippen molar-refractivity contribution in [3.8, 4) is 0 Å². The van der Waals surface area contributed by atoms with Crippen molar-refractivity contribution in [1.82, 2.24) is 10.3 Å². The second kappa shape index (κ2) is 4.52. The highest BCUT2D eigenvalue weighted by atomic mass is 16.5. The van der Waals surface area contributed by atoms with E-state index in [-0.39, 0.29) is 11.5 Å². The highest BCUT2D eigenvalue weighted by molar-refractivity contribution is 5.21. The van der Waals surface area contributed by atoms with Crippen LogP contribution in [0.15, 0.2) is 18.3 Å². The van der Waals surface area contributed by atoms with E-state index < -0.39 is 0 Å². The van der Waals surface area contributed by atoms with Gasteiger partial charge < -0.3 is 10.1 Å². The van der Waals surface area contributed by atoms with Crippen molar-refractivity contribution in [3.63, 3.8) is 0 Å². The summed E-state index contributed by atoms with van der Waals surface area (Å²) in [7, 11) is 0. The van der Waals surface area contributed by atoms with Gasteiger partial charge >= 0.3 is 0 Å². The average Bonchev–Trinajstić information content (AvgIpc) is 2.29. The Kier molecular flexibility index (Phi) is 3.26. The first kappa shape index (κ1) is 11.6. The topological polar surface area (TPSA) is 34.1 Å². The van der Waals surface area contributed by atoms with E-state index in [1.165, 1.54) is 5.56 Å². The van der Waals surface area contributed by atoms with Gasteiger partial charge in [0.15, 0.2) is 0 Å². The maximum atomic E-state index is 5.69. The molecule has 0 spiro atoms. The van der Waals surface area contributed by atoms with E-state index in [2.05, 4.69) is 43.2 Å². The van der Waals surface area contributed by atoms with Crippen molar-refractivity contribution in [2.24, 2.45) is 0 Å². The van der Waals surface area contributed by atoms with Crippen LogP contribution in [0.4, 0.5) is 0 Å². The zero-order chi connectivity index (χ0) is 11.6. The van der Waals surface area contributed by atoms with Gasteiger partial charge in [-0.2, -0.15) is 0 Å². The molecule has 0 radical (unpaired) electrons. The monoisotopic (exact) mass is 220 g/mol. The molecule has 0 unspecified atom stereocenters. The number of nitrogens with zero attached hydrogens (tertiary/aromatic N) is 1. The Morgan fingerprint density at radius 2 is 2.19 bits per heavy atom. The number of rotatable bonds is 1. The standard InChI is InChI=1S/C13H20N2O/c1-13(2,3)12-5-4-10(8-15-12)11-9-14-6-7-16-11/h4-5,8,11,14H,6-7,9H2,1-3H3/t11-/m0/s1. The van der Waals surface area contributed by atoms with Crippen LogP contribution in [-0.2, 0) is 10.2 Å². The van der Waals surface area contributed by atoms with Gasteiger partial charge in [-0.1, -0.05) is 26.8 Å². The third-order valence-electron chi connectivity index (χ3n) is 2.85. The molecule has 1 atom stereocenters. The lowest BCUT2D eigenvalue weighted by Gasteiger charge is -2.24. The molecular weight excluding hydrogens is 200 g/mol. The van der Waals surface area contributed by atoms with Crippen LogP contribution in [0.5, 0.6) is 0 Å². The fourth-order valence-electron chi connectivity index (χ4n) is 1.82. The van der Waals surface area contributed by atoms with Gasteiger partial charge in [0, 0.05) is 36.0 Å². The molecule has 3 nitrogen and oxygen atoms in total. The minimum atomic E-state index is 0.115. The van der Waals surface area contributed by atoms with E-state index in [4.69, 9.17) is 4.74 Å². The lowest BCUT2D eigenvalue weighted by atomic mass is 9.91. The van der Waals surface area contributed by atoms with Crippen LogP contribution in [0, 0.1) is 0 Å². The predicted molar refractivity (Wildman–Crippen MR) is 64.5 cm³/mol. The van der Waals surface area contributed by atoms with Gasteiger partial charge in [0.2, 0.25) is 0 Å². The van der Waals surface area contributed by atoms with Gasteiger partial charge in [-0.15, -0.1) is 0 Å². The summed E-state index contributed by atoms with van der Waals surface area (Å²) >= 11 is 0. The predicted octanol–water partition coefficient (Wildman–Crippen LogP) is 2.04. The van der Waals surface area contributed by atoms with Gasteiger partial charge in [0.1, 0.15) is 0 Å². The fourth-order valence-corrected chi connectivity index (χ4v) is 1.82. The summed E-state index contributed by atoms with van der Waals surface area (Å²) in [6.45, 7) is 9.14. The van der Waals surface area contributed by atoms with Crippen molar-refractivity contribution in [2.45, 2.75) is 32.3 Å². The number of hydrogen-bond donors (Lipinski definition) is 1. The lowest BCUT2D eigenvalue weighted by molar-refractivity contribution is 0.0274. The molecule has 0 amide bonds. The fraction of sp³-hybridized carbons (Fsp3) is 0.615. The lowest BCUT2D eigenvalue weighted by Crippen LogP contribution is -2.33. The van der Waals surface area contributed by atoms with E-state index in [1.807, 2.05) is 6.20 Å². The minimum Gasteiger partial charge on any atom is -0.371 e. The minimum absolute atomic E-state index is 0.115. The Hall–Kier alpha value is -0.930. The Morgan fingerprint density at radius 1 is 1.38 bits per heavy atom. The van der Waals surface area contributed by atoms with E-state index in [1.54, 1.807) is 0 Å². The first-order valence-corrected chi connectivity index (χ1v) is 5.86. The molecular formula is C13H20N2O. The summed E-state index contributed by atoms with van der Waals surface area (Å²) in [5.74, 6) is 0. The van der Waals surface area contributed by atoms with Crippen molar-refractivity contribution in [3.05, 3.63) is 29.6 Å². The van der Waals surface area contributed by atoms with Crippen molar-refractivity contribution in [2.75, 3.05) is 19.7 Å². The van der Waals surface area contributed by atoms with Gasteiger partial charge in [-0.05, 0) is 6.07 Å². The Labute approximate surface area is 97.2 Å². The molecule has 0 saturated carbocycles. The molecule has 1 N–H and O–H groups in total. The zero-order valence-corrected chi connectivity index (χ0v) is 10.3. The van der Waals surface area contributed by atoms with Crippen LogP contribution in [0.3, 0.4) is 0 Å². The highest BCUT2D eigenvalue weighted by Gasteiger charge is 2.18. The van der Waals surface area contributed by atoms with Gasteiger partial charge in [-0.3, -0.25) is 4.98 Å². The van der Waals surface area contributed by atoms with Crippen LogP contribution in [-0.4, -0.2) is 24.7 Å². The third-order valence-corrected chi connectivity index (χ3v) is 2.85. The molecule has 1 aromatic rings. The van der Waals surface area contributed by atoms with E-state index in [0.29, 0.717) is 0 Å². The molecule has 88 valence electrons. The van der Waals surface area contributed by atoms with Crippen LogP contribution < -0.4 is 5.32 Å². The Bertz CT molecular complexity index is 334. The van der Waals surface area contributed by atoms with E-state index >= 15 is 0 Å². The molecule has 0 bridgehead atoms. The maximum Gasteiger partial charge on any atom is 0.0964 e. The quantitative estimate of drug-likeness (QED) is 0.786. The second-order valence-electron chi connectivity index (χ2n) is 5.29. The molecule has 1 fully saturated rings.